The third kappa shape index (κ3) is 3.71. The van der Waals surface area contributed by atoms with Gasteiger partial charge in [0.25, 0.3) is 11.8 Å². The van der Waals surface area contributed by atoms with E-state index in [1.54, 1.807) is 30.7 Å². The van der Waals surface area contributed by atoms with Crippen molar-refractivity contribution in [1.82, 2.24) is 25.0 Å². The average Bonchev–Trinajstić information content (AvgIpc) is 3.25. The van der Waals surface area contributed by atoms with Crippen molar-refractivity contribution >= 4 is 5.91 Å². The van der Waals surface area contributed by atoms with E-state index in [4.69, 9.17) is 9.26 Å². The first-order chi connectivity index (χ1) is 13.8. The highest BCUT2D eigenvalue weighted by Gasteiger charge is 2.29. The van der Waals surface area contributed by atoms with E-state index in [-0.39, 0.29) is 11.8 Å². The Morgan fingerprint density at radius 3 is 2.75 bits per heavy atom. The highest BCUT2D eigenvalue weighted by molar-refractivity contribution is 5.96. The molecule has 1 aliphatic heterocycles. The minimum atomic E-state index is -0.0550. The Bertz CT molecular complexity index is 936. The summed E-state index contributed by atoms with van der Waals surface area (Å²) in [4.78, 5) is 27.4. The Labute approximate surface area is 162 Å². The average molecular weight is 379 g/mol. The van der Waals surface area contributed by atoms with Gasteiger partial charge in [0, 0.05) is 43.2 Å². The number of rotatable bonds is 5. The van der Waals surface area contributed by atoms with E-state index in [1.165, 1.54) is 0 Å². The lowest BCUT2D eigenvalue weighted by atomic mass is 9.95. The molecule has 8 nitrogen and oxygen atoms in total. The number of ether oxygens (including phenoxy) is 1. The summed E-state index contributed by atoms with van der Waals surface area (Å²) in [6, 6.07) is 7.18. The SMILES string of the molecule is CCOc1ncccc1C(=O)N1CCC(c2noc(-c3ccncc3)n2)CC1. The minimum absolute atomic E-state index is 0.0550. The van der Waals surface area contributed by atoms with Crippen LogP contribution in [-0.4, -0.2) is 50.6 Å². The molecule has 3 aromatic heterocycles. The van der Waals surface area contributed by atoms with Crippen LogP contribution in [0.5, 0.6) is 5.88 Å². The molecule has 4 heterocycles. The van der Waals surface area contributed by atoms with Crippen molar-refractivity contribution in [2.24, 2.45) is 0 Å². The standard InChI is InChI=1S/C20H21N5O3/c1-2-27-19-16(4-3-9-22-19)20(26)25-12-7-14(8-13-25)17-23-18(28-24-17)15-5-10-21-11-6-15/h3-6,9-11,14H,2,7-8,12-13H2,1H3. The van der Waals surface area contributed by atoms with Gasteiger partial charge in [0.1, 0.15) is 5.56 Å². The Morgan fingerprint density at radius 2 is 2.00 bits per heavy atom. The second-order valence-electron chi connectivity index (χ2n) is 6.55. The lowest BCUT2D eigenvalue weighted by Gasteiger charge is -2.30. The zero-order valence-electron chi connectivity index (χ0n) is 15.6. The fourth-order valence-electron chi connectivity index (χ4n) is 3.33. The van der Waals surface area contributed by atoms with Crippen LogP contribution in [0.4, 0.5) is 0 Å². The first-order valence-corrected chi connectivity index (χ1v) is 9.37. The predicted molar refractivity (Wildman–Crippen MR) is 101 cm³/mol. The molecule has 0 saturated carbocycles. The van der Waals surface area contributed by atoms with Gasteiger partial charge < -0.3 is 14.2 Å². The monoisotopic (exact) mass is 379 g/mol. The Balaban J connectivity index is 1.41. The predicted octanol–water partition coefficient (Wildman–Crippen LogP) is 2.95. The Morgan fingerprint density at radius 1 is 1.21 bits per heavy atom. The Hall–Kier alpha value is -3.29. The maximum absolute atomic E-state index is 12.9. The van der Waals surface area contributed by atoms with Crippen LogP contribution in [0.3, 0.4) is 0 Å². The van der Waals surface area contributed by atoms with E-state index in [2.05, 4.69) is 20.1 Å². The van der Waals surface area contributed by atoms with Gasteiger partial charge in [-0.1, -0.05) is 5.16 Å². The number of pyridine rings is 2. The summed E-state index contributed by atoms with van der Waals surface area (Å²) in [7, 11) is 0. The molecule has 0 bridgehead atoms. The minimum Gasteiger partial charge on any atom is -0.477 e. The third-order valence-corrected chi connectivity index (χ3v) is 4.80. The molecule has 1 fully saturated rings. The third-order valence-electron chi connectivity index (χ3n) is 4.80. The highest BCUT2D eigenvalue weighted by atomic mass is 16.5. The van der Waals surface area contributed by atoms with E-state index in [0.29, 0.717) is 42.9 Å². The number of nitrogens with zero attached hydrogens (tertiary/aromatic N) is 5. The van der Waals surface area contributed by atoms with E-state index in [1.807, 2.05) is 24.0 Å². The van der Waals surface area contributed by atoms with Gasteiger partial charge >= 0.3 is 0 Å². The number of carbonyl (C=O) groups excluding carboxylic acids is 1. The van der Waals surface area contributed by atoms with E-state index in [0.717, 1.165) is 18.4 Å². The van der Waals surface area contributed by atoms with Gasteiger partial charge in [-0.05, 0) is 44.0 Å². The van der Waals surface area contributed by atoms with Gasteiger partial charge in [-0.25, -0.2) is 4.98 Å². The van der Waals surface area contributed by atoms with Gasteiger partial charge in [-0.2, -0.15) is 4.98 Å². The van der Waals surface area contributed by atoms with Crippen molar-refractivity contribution in [3.8, 4) is 17.3 Å². The number of hydrogen-bond acceptors (Lipinski definition) is 7. The zero-order valence-corrected chi connectivity index (χ0v) is 15.6. The summed E-state index contributed by atoms with van der Waals surface area (Å²) in [5.41, 5.74) is 1.35. The largest absolute Gasteiger partial charge is 0.477 e. The lowest BCUT2D eigenvalue weighted by Crippen LogP contribution is -2.38. The van der Waals surface area contributed by atoms with Crippen LogP contribution in [-0.2, 0) is 0 Å². The van der Waals surface area contributed by atoms with Gasteiger partial charge in [-0.3, -0.25) is 9.78 Å². The molecule has 1 amide bonds. The molecule has 8 heteroatoms. The normalized spacial score (nSPS) is 14.8. The molecular formula is C20H21N5O3. The van der Waals surface area contributed by atoms with Crippen molar-refractivity contribution < 1.29 is 14.1 Å². The van der Waals surface area contributed by atoms with Crippen LogP contribution in [0, 0.1) is 0 Å². The molecule has 3 aromatic rings. The number of hydrogen-bond donors (Lipinski definition) is 0. The number of likely N-dealkylation sites (tertiary alicyclic amines) is 1. The van der Waals surface area contributed by atoms with Crippen molar-refractivity contribution in [2.75, 3.05) is 19.7 Å². The molecule has 0 N–H and O–H groups in total. The van der Waals surface area contributed by atoms with E-state index >= 15 is 0 Å². The van der Waals surface area contributed by atoms with Gasteiger partial charge in [0.2, 0.25) is 5.88 Å². The van der Waals surface area contributed by atoms with Crippen LogP contribution < -0.4 is 4.74 Å². The maximum Gasteiger partial charge on any atom is 0.259 e. The molecule has 1 aliphatic rings. The molecule has 0 unspecified atom stereocenters. The van der Waals surface area contributed by atoms with Gasteiger partial charge in [0.05, 0.1) is 6.61 Å². The Kier molecular flexibility index (Phi) is 5.27. The van der Waals surface area contributed by atoms with Crippen molar-refractivity contribution in [3.05, 3.63) is 54.2 Å². The number of amides is 1. The smallest absolute Gasteiger partial charge is 0.259 e. The van der Waals surface area contributed by atoms with Crippen LogP contribution in [0.2, 0.25) is 0 Å². The first-order valence-electron chi connectivity index (χ1n) is 9.37. The summed E-state index contributed by atoms with van der Waals surface area (Å²) in [5, 5.41) is 4.14. The fraction of sp³-hybridized carbons (Fsp3) is 0.350. The highest BCUT2D eigenvalue weighted by Crippen LogP contribution is 2.29. The number of aromatic nitrogens is 4. The van der Waals surface area contributed by atoms with Crippen LogP contribution >= 0.6 is 0 Å². The van der Waals surface area contributed by atoms with Crippen molar-refractivity contribution in [3.63, 3.8) is 0 Å². The van der Waals surface area contributed by atoms with Gasteiger partial charge in [-0.15, -0.1) is 0 Å². The number of piperidine rings is 1. The molecule has 28 heavy (non-hydrogen) atoms. The summed E-state index contributed by atoms with van der Waals surface area (Å²) in [6.45, 7) is 3.60. The first kappa shape index (κ1) is 18.1. The quantitative estimate of drug-likeness (QED) is 0.672. The summed E-state index contributed by atoms with van der Waals surface area (Å²) >= 11 is 0. The molecule has 0 spiro atoms. The van der Waals surface area contributed by atoms with Crippen LogP contribution in [0.25, 0.3) is 11.5 Å². The van der Waals surface area contributed by atoms with Crippen molar-refractivity contribution in [1.29, 1.82) is 0 Å². The lowest BCUT2D eigenvalue weighted by molar-refractivity contribution is 0.0705. The van der Waals surface area contributed by atoms with Crippen LogP contribution in [0.1, 0.15) is 41.9 Å². The topological polar surface area (TPSA) is 94.2 Å². The molecule has 0 radical (unpaired) electrons. The van der Waals surface area contributed by atoms with Gasteiger partial charge in [0.15, 0.2) is 5.82 Å². The van der Waals surface area contributed by atoms with Crippen LogP contribution in [0.15, 0.2) is 47.4 Å². The van der Waals surface area contributed by atoms with Crippen molar-refractivity contribution in [2.45, 2.75) is 25.7 Å². The molecular weight excluding hydrogens is 358 g/mol. The maximum atomic E-state index is 12.9. The summed E-state index contributed by atoms with van der Waals surface area (Å²) < 4.78 is 10.9. The van der Waals surface area contributed by atoms with E-state index < -0.39 is 0 Å². The molecule has 0 atom stereocenters. The molecule has 4 rings (SSSR count). The summed E-state index contributed by atoms with van der Waals surface area (Å²) in [6.07, 6.45) is 6.58. The molecule has 0 aliphatic carbocycles. The molecule has 0 aromatic carbocycles. The second kappa shape index (κ2) is 8.16. The second-order valence-corrected chi connectivity index (χ2v) is 6.55. The molecule has 1 saturated heterocycles. The fourth-order valence-corrected chi connectivity index (χ4v) is 3.33. The van der Waals surface area contributed by atoms with E-state index in [9.17, 15) is 4.79 Å². The molecule has 144 valence electrons. The summed E-state index contributed by atoms with van der Waals surface area (Å²) in [5.74, 6) is 1.68. The zero-order chi connectivity index (χ0) is 19.3. The number of carbonyl (C=O) groups is 1.